The van der Waals surface area contributed by atoms with Gasteiger partial charge in [-0.2, -0.15) is 0 Å². The molecule has 0 fully saturated rings. The van der Waals surface area contributed by atoms with E-state index in [2.05, 4.69) is 28.3 Å². The van der Waals surface area contributed by atoms with E-state index in [-0.39, 0.29) is 0 Å². The number of thioether (sulfide) groups is 1. The SMILES string of the molecule is B=C(C)SC(C)=C(C)C. The van der Waals surface area contributed by atoms with Crippen LogP contribution in [0.15, 0.2) is 10.5 Å². The molecule has 0 aromatic rings. The molecule has 0 saturated carbocycles. The van der Waals surface area contributed by atoms with Gasteiger partial charge in [-0.15, -0.1) is 0 Å². The minimum atomic E-state index is 1.16. The molecule has 0 radical (unpaired) electrons. The van der Waals surface area contributed by atoms with Gasteiger partial charge in [0.25, 0.3) is 0 Å². The maximum atomic E-state index is 3.81. The Morgan fingerprint density at radius 2 is 1.56 bits per heavy atom. The second-order valence-electron chi connectivity index (χ2n) is 2.36. The fourth-order valence-electron chi connectivity index (χ4n) is 0.363. The monoisotopic (exact) mass is 140 g/mol. The van der Waals surface area contributed by atoms with Crippen LogP contribution in [0, 0.1) is 0 Å². The normalized spacial score (nSPS) is 8.78. The zero-order valence-electron chi connectivity index (χ0n) is 6.62. The molecular weight excluding hydrogens is 127 g/mol. The van der Waals surface area contributed by atoms with Crippen LogP contribution in [0.5, 0.6) is 0 Å². The first-order valence-electron chi connectivity index (χ1n) is 3.01. The van der Waals surface area contributed by atoms with Crippen molar-refractivity contribution in [2.24, 2.45) is 0 Å². The first-order chi connectivity index (χ1) is 4.04. The molecule has 0 amide bonds. The Morgan fingerprint density at radius 1 is 1.11 bits per heavy atom. The number of hydrogen-bond donors (Lipinski definition) is 0. The quantitative estimate of drug-likeness (QED) is 0.529. The summed E-state index contributed by atoms with van der Waals surface area (Å²) in [7, 11) is 3.81. The Bertz CT molecular complexity index is 143. The zero-order valence-corrected chi connectivity index (χ0v) is 7.43. The van der Waals surface area contributed by atoms with Crippen LogP contribution in [0.2, 0.25) is 0 Å². The summed E-state index contributed by atoms with van der Waals surface area (Å²) < 4.78 is 0. The van der Waals surface area contributed by atoms with E-state index < -0.39 is 0 Å². The summed E-state index contributed by atoms with van der Waals surface area (Å²) in [6.45, 7) is 8.38. The Hall–Kier alpha value is 0.0249. The fraction of sp³-hybridized carbons (Fsp3) is 0.571. The first-order valence-corrected chi connectivity index (χ1v) is 3.83. The molecule has 0 rings (SSSR count). The standard InChI is InChI=1S/C7H13BS/c1-5(2)6(3)9-7(4)8/h8H,1-4H3. The van der Waals surface area contributed by atoms with E-state index >= 15 is 0 Å². The van der Waals surface area contributed by atoms with Crippen molar-refractivity contribution in [2.75, 3.05) is 0 Å². The van der Waals surface area contributed by atoms with Crippen LogP contribution >= 0.6 is 11.8 Å². The second-order valence-corrected chi connectivity index (χ2v) is 3.87. The summed E-state index contributed by atoms with van der Waals surface area (Å²) in [5, 5.41) is 0. The first kappa shape index (κ1) is 9.02. The van der Waals surface area contributed by atoms with Crippen molar-refractivity contribution in [3.05, 3.63) is 10.5 Å². The van der Waals surface area contributed by atoms with Gasteiger partial charge in [-0.3, -0.25) is 0 Å². The molecule has 0 spiro atoms. The zero-order chi connectivity index (χ0) is 7.44. The molecule has 0 bridgehead atoms. The van der Waals surface area contributed by atoms with Gasteiger partial charge in [-0.25, -0.2) is 0 Å². The van der Waals surface area contributed by atoms with Gasteiger partial charge in [0.05, 0.1) is 0 Å². The van der Waals surface area contributed by atoms with Gasteiger partial charge in [-0.05, 0) is 0 Å². The third kappa shape index (κ3) is 4.52. The molecule has 0 saturated heterocycles. The van der Waals surface area contributed by atoms with E-state index in [1.807, 2.05) is 6.92 Å². The summed E-state index contributed by atoms with van der Waals surface area (Å²) in [6.07, 6.45) is 0. The van der Waals surface area contributed by atoms with Gasteiger partial charge in [0, 0.05) is 0 Å². The predicted octanol–water partition coefficient (Wildman–Crippen LogP) is 2.08. The molecule has 0 aromatic carbocycles. The summed E-state index contributed by atoms with van der Waals surface area (Å²) in [6, 6.07) is 0. The number of allylic oxidation sites excluding steroid dienone is 2. The van der Waals surface area contributed by atoms with E-state index in [4.69, 9.17) is 0 Å². The van der Waals surface area contributed by atoms with Crippen molar-refractivity contribution in [3.63, 3.8) is 0 Å². The van der Waals surface area contributed by atoms with E-state index in [1.54, 1.807) is 11.8 Å². The van der Waals surface area contributed by atoms with Crippen LogP contribution in [-0.4, -0.2) is 12.3 Å². The Kier molecular flexibility index (Phi) is 3.95. The molecule has 0 aliphatic carbocycles. The Labute approximate surface area is 62.8 Å². The van der Waals surface area contributed by atoms with Crippen LogP contribution in [0.25, 0.3) is 0 Å². The van der Waals surface area contributed by atoms with Crippen LogP contribution < -0.4 is 0 Å². The molecule has 0 atom stereocenters. The molecule has 0 unspecified atom stereocenters. The summed E-state index contributed by atoms with van der Waals surface area (Å²) in [4.78, 5) is 2.52. The average Bonchev–Trinajstić information content (AvgIpc) is 1.63. The summed E-state index contributed by atoms with van der Waals surface area (Å²) >= 11 is 1.75. The average molecular weight is 140 g/mol. The van der Waals surface area contributed by atoms with Crippen molar-refractivity contribution in [3.8, 4) is 0 Å². The molecule has 0 nitrogen and oxygen atoms in total. The van der Waals surface area contributed by atoms with Gasteiger partial charge in [0.15, 0.2) is 0 Å². The molecule has 2 heteroatoms. The van der Waals surface area contributed by atoms with Gasteiger partial charge < -0.3 is 0 Å². The summed E-state index contributed by atoms with van der Waals surface area (Å²) in [5.74, 6) is 0. The van der Waals surface area contributed by atoms with Crippen LogP contribution in [0.1, 0.15) is 27.7 Å². The fourth-order valence-corrected chi connectivity index (χ4v) is 1.09. The van der Waals surface area contributed by atoms with E-state index in [9.17, 15) is 0 Å². The molecule has 0 N–H and O–H groups in total. The van der Waals surface area contributed by atoms with Crippen molar-refractivity contribution in [1.29, 1.82) is 0 Å². The number of rotatable bonds is 2. The minimum absolute atomic E-state index is 1.16. The summed E-state index contributed by atoms with van der Waals surface area (Å²) in [5.41, 5.74) is 1.38. The molecule has 0 heterocycles. The van der Waals surface area contributed by atoms with Gasteiger partial charge in [-0.1, -0.05) is 0 Å². The van der Waals surface area contributed by atoms with Gasteiger partial charge >= 0.3 is 62.2 Å². The maximum absolute atomic E-state index is 3.81. The Balaban J connectivity index is 3.92. The van der Waals surface area contributed by atoms with E-state index in [0.29, 0.717) is 0 Å². The molecule has 50 valence electrons. The van der Waals surface area contributed by atoms with Crippen molar-refractivity contribution < 1.29 is 0 Å². The van der Waals surface area contributed by atoms with Gasteiger partial charge in [0.1, 0.15) is 0 Å². The third-order valence-electron chi connectivity index (χ3n) is 1.03. The molecular formula is C7H13BS. The van der Waals surface area contributed by atoms with E-state index in [0.717, 1.165) is 4.80 Å². The molecule has 0 aliphatic heterocycles. The van der Waals surface area contributed by atoms with Gasteiger partial charge in [0.2, 0.25) is 0 Å². The van der Waals surface area contributed by atoms with Crippen LogP contribution in [-0.2, 0) is 0 Å². The van der Waals surface area contributed by atoms with Crippen LogP contribution in [0.3, 0.4) is 0 Å². The number of hydrogen-bond acceptors (Lipinski definition) is 1. The van der Waals surface area contributed by atoms with Crippen LogP contribution in [0.4, 0.5) is 0 Å². The topological polar surface area (TPSA) is 0 Å². The Morgan fingerprint density at radius 3 is 1.67 bits per heavy atom. The third-order valence-corrected chi connectivity index (χ3v) is 2.09. The van der Waals surface area contributed by atoms with Crippen molar-refractivity contribution in [2.45, 2.75) is 27.7 Å². The molecule has 0 aromatic heterocycles. The van der Waals surface area contributed by atoms with Crippen molar-refractivity contribution in [1.82, 2.24) is 0 Å². The predicted molar refractivity (Wildman–Crippen MR) is 49.5 cm³/mol. The molecule has 0 aliphatic rings. The van der Waals surface area contributed by atoms with E-state index in [1.165, 1.54) is 10.5 Å². The van der Waals surface area contributed by atoms with Crippen molar-refractivity contribution >= 4 is 24.0 Å². The second kappa shape index (κ2) is 3.94. The molecule has 9 heavy (non-hydrogen) atoms.